The number of anilines is 1. The Morgan fingerprint density at radius 1 is 1.53 bits per heavy atom. The minimum Gasteiger partial charge on any atom is -0.343 e. The number of aryl methyl sites for hydroxylation is 2. The van der Waals surface area contributed by atoms with Crippen LogP contribution in [0.3, 0.4) is 0 Å². The van der Waals surface area contributed by atoms with Crippen molar-refractivity contribution in [3.05, 3.63) is 15.8 Å². The molecular formula is C12H21N5O2. The topological polar surface area (TPSA) is 76.2 Å². The van der Waals surface area contributed by atoms with Crippen molar-refractivity contribution in [3.8, 4) is 0 Å². The van der Waals surface area contributed by atoms with Gasteiger partial charge in [-0.15, -0.1) is 0 Å². The second-order valence-electron chi connectivity index (χ2n) is 5.47. The molecule has 0 aromatic carbocycles. The molecule has 1 N–H and O–H groups in total. The van der Waals surface area contributed by atoms with Gasteiger partial charge in [-0.2, -0.15) is 5.10 Å². The van der Waals surface area contributed by atoms with E-state index in [-0.39, 0.29) is 16.1 Å². The van der Waals surface area contributed by atoms with Crippen LogP contribution < -0.4 is 10.2 Å². The first-order chi connectivity index (χ1) is 8.88. The number of nitrogens with one attached hydrogen (secondary N) is 1. The molecule has 2 rings (SSSR count). The molecular weight excluding hydrogens is 246 g/mol. The van der Waals surface area contributed by atoms with Crippen molar-refractivity contribution in [1.82, 2.24) is 15.1 Å². The van der Waals surface area contributed by atoms with Gasteiger partial charge < -0.3 is 10.2 Å². The lowest BCUT2D eigenvalue weighted by Crippen LogP contribution is -2.58. The zero-order chi connectivity index (χ0) is 14.2. The molecule has 1 fully saturated rings. The quantitative estimate of drug-likeness (QED) is 0.660. The van der Waals surface area contributed by atoms with Gasteiger partial charge in [-0.25, -0.2) is 4.68 Å². The molecule has 0 atom stereocenters. The molecule has 19 heavy (non-hydrogen) atoms. The Hall–Kier alpha value is -1.63. The van der Waals surface area contributed by atoms with E-state index in [0.29, 0.717) is 18.1 Å². The minimum absolute atomic E-state index is 0.136. The third-order valence-electron chi connectivity index (χ3n) is 3.61. The summed E-state index contributed by atoms with van der Waals surface area (Å²) < 4.78 is 1.74. The van der Waals surface area contributed by atoms with Gasteiger partial charge in [0, 0.05) is 31.7 Å². The highest BCUT2D eigenvalue weighted by atomic mass is 16.6. The Morgan fingerprint density at radius 3 is 2.74 bits per heavy atom. The standard InChI is InChI=1S/C12H21N5O2/c1-5-16-11(10(17(18)19)9(2)14-16)15-7-6-13-8-12(15,3)4/h13H,5-8H2,1-4H3. The van der Waals surface area contributed by atoms with Crippen LogP contribution in [0.15, 0.2) is 0 Å². The summed E-state index contributed by atoms with van der Waals surface area (Å²) in [5.41, 5.74) is 0.454. The maximum absolute atomic E-state index is 11.3. The largest absolute Gasteiger partial charge is 0.343 e. The molecule has 1 aromatic heterocycles. The fraction of sp³-hybridized carbons (Fsp3) is 0.750. The molecule has 0 aliphatic carbocycles. The van der Waals surface area contributed by atoms with E-state index >= 15 is 0 Å². The molecule has 106 valence electrons. The lowest BCUT2D eigenvalue weighted by atomic mass is 10.00. The highest BCUT2D eigenvalue weighted by molar-refractivity contribution is 5.63. The van der Waals surface area contributed by atoms with Gasteiger partial charge >= 0.3 is 5.69 Å². The smallest absolute Gasteiger partial charge is 0.333 e. The van der Waals surface area contributed by atoms with Crippen LogP contribution in [0.4, 0.5) is 11.5 Å². The lowest BCUT2D eigenvalue weighted by Gasteiger charge is -2.43. The van der Waals surface area contributed by atoms with Crippen molar-refractivity contribution in [1.29, 1.82) is 0 Å². The molecule has 0 spiro atoms. The highest BCUT2D eigenvalue weighted by Gasteiger charge is 2.38. The summed E-state index contributed by atoms with van der Waals surface area (Å²) in [5.74, 6) is 0.636. The first kappa shape index (κ1) is 13.8. The van der Waals surface area contributed by atoms with E-state index in [1.165, 1.54) is 0 Å². The van der Waals surface area contributed by atoms with E-state index in [2.05, 4.69) is 29.2 Å². The van der Waals surface area contributed by atoms with Crippen molar-refractivity contribution in [2.45, 2.75) is 39.8 Å². The van der Waals surface area contributed by atoms with E-state index in [1.54, 1.807) is 11.6 Å². The van der Waals surface area contributed by atoms with Crippen LogP contribution in [0.2, 0.25) is 0 Å². The van der Waals surface area contributed by atoms with E-state index in [4.69, 9.17) is 0 Å². The third-order valence-corrected chi connectivity index (χ3v) is 3.61. The van der Waals surface area contributed by atoms with Gasteiger partial charge in [-0.1, -0.05) is 0 Å². The van der Waals surface area contributed by atoms with Gasteiger partial charge in [0.1, 0.15) is 5.69 Å². The SMILES string of the molecule is CCn1nc(C)c([N+](=O)[O-])c1N1CCNCC1(C)C. The summed E-state index contributed by atoms with van der Waals surface area (Å²) >= 11 is 0. The average molecular weight is 267 g/mol. The third kappa shape index (κ3) is 2.30. The maximum atomic E-state index is 11.3. The maximum Gasteiger partial charge on any atom is 0.333 e. The molecule has 7 heteroatoms. The number of rotatable bonds is 3. The first-order valence-corrected chi connectivity index (χ1v) is 6.58. The molecule has 0 saturated carbocycles. The van der Waals surface area contributed by atoms with Gasteiger partial charge in [0.05, 0.1) is 4.92 Å². The van der Waals surface area contributed by atoms with Crippen molar-refractivity contribution < 1.29 is 4.92 Å². The number of hydrogen-bond acceptors (Lipinski definition) is 5. The monoisotopic (exact) mass is 267 g/mol. The Balaban J connectivity index is 2.56. The second kappa shape index (κ2) is 4.80. The Kier molecular flexibility index (Phi) is 3.49. The Bertz CT molecular complexity index is 495. The predicted molar refractivity (Wildman–Crippen MR) is 73.6 cm³/mol. The van der Waals surface area contributed by atoms with Gasteiger partial charge in [-0.05, 0) is 27.7 Å². The van der Waals surface area contributed by atoms with E-state index in [0.717, 1.165) is 19.6 Å². The van der Waals surface area contributed by atoms with Crippen molar-refractivity contribution in [2.75, 3.05) is 24.5 Å². The molecule has 0 bridgehead atoms. The van der Waals surface area contributed by atoms with Crippen molar-refractivity contribution >= 4 is 11.5 Å². The van der Waals surface area contributed by atoms with Crippen LogP contribution >= 0.6 is 0 Å². The van der Waals surface area contributed by atoms with Crippen molar-refractivity contribution in [3.63, 3.8) is 0 Å². The normalized spacial score (nSPS) is 18.6. The number of aromatic nitrogens is 2. The van der Waals surface area contributed by atoms with Gasteiger partial charge in [0.2, 0.25) is 5.82 Å². The number of nitro groups is 1. The fourth-order valence-corrected chi connectivity index (χ4v) is 2.64. The van der Waals surface area contributed by atoms with Gasteiger partial charge in [0.15, 0.2) is 0 Å². The second-order valence-corrected chi connectivity index (χ2v) is 5.47. The van der Waals surface area contributed by atoms with E-state index in [9.17, 15) is 10.1 Å². The molecule has 2 heterocycles. The molecule has 1 aliphatic heterocycles. The Morgan fingerprint density at radius 2 is 2.21 bits per heavy atom. The summed E-state index contributed by atoms with van der Waals surface area (Å²) in [4.78, 5) is 13.1. The average Bonchev–Trinajstić information content (AvgIpc) is 2.65. The molecule has 1 saturated heterocycles. The molecule has 0 amide bonds. The van der Waals surface area contributed by atoms with Crippen LogP contribution in [0, 0.1) is 17.0 Å². The van der Waals surface area contributed by atoms with Crippen LogP contribution in [0.5, 0.6) is 0 Å². The molecule has 7 nitrogen and oxygen atoms in total. The van der Waals surface area contributed by atoms with Crippen LogP contribution in [0.25, 0.3) is 0 Å². The zero-order valence-corrected chi connectivity index (χ0v) is 11.9. The number of piperazine rings is 1. The summed E-state index contributed by atoms with van der Waals surface area (Å²) in [7, 11) is 0. The molecule has 0 unspecified atom stereocenters. The predicted octanol–water partition coefficient (Wildman–Crippen LogP) is 1.31. The van der Waals surface area contributed by atoms with Crippen LogP contribution in [-0.4, -0.2) is 39.9 Å². The van der Waals surface area contributed by atoms with E-state index in [1.807, 2.05) is 6.92 Å². The van der Waals surface area contributed by atoms with Crippen LogP contribution in [-0.2, 0) is 6.54 Å². The minimum atomic E-state index is -0.318. The summed E-state index contributed by atoms with van der Waals surface area (Å²) in [6.45, 7) is 10.8. The summed E-state index contributed by atoms with van der Waals surface area (Å²) in [6, 6.07) is 0. The first-order valence-electron chi connectivity index (χ1n) is 6.58. The summed E-state index contributed by atoms with van der Waals surface area (Å²) in [5, 5.41) is 19.0. The highest BCUT2D eigenvalue weighted by Crippen LogP contribution is 2.35. The molecule has 0 radical (unpaired) electrons. The van der Waals surface area contributed by atoms with Gasteiger partial charge in [-0.3, -0.25) is 10.1 Å². The molecule has 1 aliphatic rings. The number of hydrogen-bond donors (Lipinski definition) is 1. The zero-order valence-electron chi connectivity index (χ0n) is 11.9. The Labute approximate surface area is 112 Å². The number of nitrogens with zero attached hydrogens (tertiary/aromatic N) is 4. The summed E-state index contributed by atoms with van der Waals surface area (Å²) in [6.07, 6.45) is 0. The molecule has 1 aromatic rings. The van der Waals surface area contributed by atoms with Crippen LogP contribution in [0.1, 0.15) is 26.5 Å². The fourth-order valence-electron chi connectivity index (χ4n) is 2.64. The lowest BCUT2D eigenvalue weighted by molar-refractivity contribution is -0.384. The van der Waals surface area contributed by atoms with Crippen molar-refractivity contribution in [2.24, 2.45) is 0 Å². The van der Waals surface area contributed by atoms with E-state index < -0.39 is 0 Å². The van der Waals surface area contributed by atoms with Gasteiger partial charge in [0.25, 0.3) is 0 Å².